The fraction of sp³-hybridized carbons (Fsp3) is 0.571. The Morgan fingerprint density at radius 3 is 2.53 bits per heavy atom. The van der Waals surface area contributed by atoms with Crippen LogP contribution in [0.15, 0.2) is 29.2 Å². The molecule has 1 aromatic carbocycles. The molecule has 3 heteroatoms. The summed E-state index contributed by atoms with van der Waals surface area (Å²) in [7, 11) is 0. The highest BCUT2D eigenvalue weighted by molar-refractivity contribution is 7.98. The van der Waals surface area contributed by atoms with Crippen LogP contribution >= 0.6 is 11.8 Å². The van der Waals surface area contributed by atoms with Crippen molar-refractivity contribution in [2.75, 3.05) is 25.9 Å². The largest absolute Gasteiger partial charge is 0.315 e. The van der Waals surface area contributed by atoms with Gasteiger partial charge in [-0.1, -0.05) is 32.0 Å². The summed E-state index contributed by atoms with van der Waals surface area (Å²) in [5, 5.41) is 6.91. The Labute approximate surface area is 110 Å². The molecule has 0 aliphatic rings. The van der Waals surface area contributed by atoms with E-state index in [-0.39, 0.29) is 0 Å². The molecule has 1 aromatic rings. The van der Waals surface area contributed by atoms with E-state index in [1.165, 1.54) is 10.5 Å². The van der Waals surface area contributed by atoms with E-state index in [0.29, 0.717) is 0 Å². The van der Waals surface area contributed by atoms with Crippen molar-refractivity contribution in [1.29, 1.82) is 0 Å². The molecule has 0 unspecified atom stereocenters. The van der Waals surface area contributed by atoms with E-state index in [1.807, 2.05) is 11.8 Å². The SMILES string of the molecule is CSc1ccccc1CNCCNCC(C)C. The lowest BCUT2D eigenvalue weighted by molar-refractivity contribution is 0.535. The Morgan fingerprint density at radius 1 is 1.12 bits per heavy atom. The van der Waals surface area contributed by atoms with Crippen molar-refractivity contribution in [2.45, 2.75) is 25.3 Å². The van der Waals surface area contributed by atoms with Crippen molar-refractivity contribution < 1.29 is 0 Å². The first-order valence-corrected chi connectivity index (χ1v) is 7.50. The average molecular weight is 252 g/mol. The van der Waals surface area contributed by atoms with E-state index in [1.54, 1.807) is 0 Å². The molecule has 0 radical (unpaired) electrons. The van der Waals surface area contributed by atoms with Gasteiger partial charge in [0.25, 0.3) is 0 Å². The van der Waals surface area contributed by atoms with Crippen molar-refractivity contribution in [2.24, 2.45) is 5.92 Å². The van der Waals surface area contributed by atoms with Crippen LogP contribution in [0.25, 0.3) is 0 Å². The maximum Gasteiger partial charge on any atom is 0.0217 e. The predicted molar refractivity (Wildman–Crippen MR) is 77.6 cm³/mol. The summed E-state index contributed by atoms with van der Waals surface area (Å²) >= 11 is 1.81. The van der Waals surface area contributed by atoms with Crippen LogP contribution in [0, 0.1) is 5.92 Å². The normalized spacial score (nSPS) is 11.1. The maximum atomic E-state index is 3.47. The Morgan fingerprint density at radius 2 is 1.82 bits per heavy atom. The number of benzene rings is 1. The van der Waals surface area contributed by atoms with Crippen LogP contribution < -0.4 is 10.6 Å². The minimum Gasteiger partial charge on any atom is -0.315 e. The lowest BCUT2D eigenvalue weighted by atomic mass is 10.2. The predicted octanol–water partition coefficient (Wildman–Crippen LogP) is 2.74. The second kappa shape index (κ2) is 8.56. The molecule has 0 saturated heterocycles. The van der Waals surface area contributed by atoms with Gasteiger partial charge in [-0.05, 0) is 30.3 Å². The van der Waals surface area contributed by atoms with Gasteiger partial charge in [0.1, 0.15) is 0 Å². The van der Waals surface area contributed by atoms with E-state index in [4.69, 9.17) is 0 Å². The van der Waals surface area contributed by atoms with Crippen LogP contribution in [0.4, 0.5) is 0 Å². The Bertz CT molecular complexity index is 313. The third kappa shape index (κ3) is 6.10. The van der Waals surface area contributed by atoms with Crippen molar-refractivity contribution in [1.82, 2.24) is 10.6 Å². The highest BCUT2D eigenvalue weighted by Crippen LogP contribution is 2.19. The molecule has 0 saturated carbocycles. The minimum absolute atomic E-state index is 0.729. The zero-order valence-electron chi connectivity index (χ0n) is 11.1. The van der Waals surface area contributed by atoms with Crippen molar-refractivity contribution in [3.8, 4) is 0 Å². The van der Waals surface area contributed by atoms with Crippen LogP contribution in [0.3, 0.4) is 0 Å². The summed E-state index contributed by atoms with van der Waals surface area (Å²) < 4.78 is 0. The van der Waals surface area contributed by atoms with Crippen molar-refractivity contribution in [3.63, 3.8) is 0 Å². The van der Waals surface area contributed by atoms with Gasteiger partial charge in [-0.3, -0.25) is 0 Å². The molecule has 0 aliphatic carbocycles. The van der Waals surface area contributed by atoms with Gasteiger partial charge in [-0.15, -0.1) is 11.8 Å². The van der Waals surface area contributed by atoms with E-state index in [2.05, 4.69) is 55.0 Å². The van der Waals surface area contributed by atoms with E-state index < -0.39 is 0 Å². The molecule has 1 rings (SSSR count). The van der Waals surface area contributed by atoms with Crippen LogP contribution in [0.1, 0.15) is 19.4 Å². The third-order valence-corrected chi connectivity index (χ3v) is 3.38. The molecule has 0 atom stereocenters. The number of hydrogen-bond acceptors (Lipinski definition) is 3. The molecular formula is C14H24N2S. The molecule has 0 aliphatic heterocycles. The zero-order valence-corrected chi connectivity index (χ0v) is 11.9. The Kier molecular flexibility index (Phi) is 7.33. The maximum absolute atomic E-state index is 3.47. The van der Waals surface area contributed by atoms with Gasteiger partial charge in [0.15, 0.2) is 0 Å². The quantitative estimate of drug-likeness (QED) is 0.549. The second-order valence-corrected chi connectivity index (χ2v) is 5.43. The first kappa shape index (κ1) is 14.6. The van der Waals surface area contributed by atoms with Crippen molar-refractivity contribution in [3.05, 3.63) is 29.8 Å². The molecular weight excluding hydrogens is 228 g/mol. The van der Waals surface area contributed by atoms with Gasteiger partial charge in [-0.2, -0.15) is 0 Å². The molecule has 0 spiro atoms. The molecule has 2 N–H and O–H groups in total. The molecule has 0 aromatic heterocycles. The topological polar surface area (TPSA) is 24.1 Å². The smallest absolute Gasteiger partial charge is 0.0217 e. The number of rotatable bonds is 8. The molecule has 0 bridgehead atoms. The van der Waals surface area contributed by atoms with Crippen molar-refractivity contribution >= 4 is 11.8 Å². The summed E-state index contributed by atoms with van der Waals surface area (Å²) in [5.74, 6) is 0.729. The highest BCUT2D eigenvalue weighted by Gasteiger charge is 1.99. The van der Waals surface area contributed by atoms with Gasteiger partial charge in [0, 0.05) is 24.5 Å². The first-order valence-electron chi connectivity index (χ1n) is 6.27. The number of thioether (sulfide) groups is 1. The number of hydrogen-bond donors (Lipinski definition) is 2. The molecule has 0 amide bonds. The van der Waals surface area contributed by atoms with Gasteiger partial charge in [-0.25, -0.2) is 0 Å². The van der Waals surface area contributed by atoms with Crippen LogP contribution in [-0.4, -0.2) is 25.9 Å². The van der Waals surface area contributed by atoms with E-state index >= 15 is 0 Å². The summed E-state index contributed by atoms with van der Waals surface area (Å²) in [5.41, 5.74) is 1.39. The molecule has 17 heavy (non-hydrogen) atoms. The van der Waals surface area contributed by atoms with E-state index in [0.717, 1.165) is 32.1 Å². The molecule has 0 fully saturated rings. The molecule has 96 valence electrons. The monoisotopic (exact) mass is 252 g/mol. The lowest BCUT2D eigenvalue weighted by Gasteiger charge is -2.10. The van der Waals surface area contributed by atoms with Crippen LogP contribution in [-0.2, 0) is 6.54 Å². The van der Waals surface area contributed by atoms with Crippen LogP contribution in [0.5, 0.6) is 0 Å². The summed E-state index contributed by atoms with van der Waals surface area (Å²) in [4.78, 5) is 1.37. The van der Waals surface area contributed by atoms with Crippen LogP contribution in [0.2, 0.25) is 0 Å². The van der Waals surface area contributed by atoms with Gasteiger partial charge in [0.05, 0.1) is 0 Å². The summed E-state index contributed by atoms with van der Waals surface area (Å²) in [6.07, 6.45) is 2.13. The Hall–Kier alpha value is -0.510. The highest BCUT2D eigenvalue weighted by atomic mass is 32.2. The first-order chi connectivity index (χ1) is 8.24. The zero-order chi connectivity index (χ0) is 12.5. The summed E-state index contributed by atoms with van der Waals surface area (Å²) in [6, 6.07) is 8.58. The molecule has 0 heterocycles. The molecule has 2 nitrogen and oxygen atoms in total. The standard InChI is InChI=1S/C14H24N2S/c1-12(2)10-15-8-9-16-11-13-6-4-5-7-14(13)17-3/h4-7,12,15-16H,8-11H2,1-3H3. The minimum atomic E-state index is 0.729. The van der Waals surface area contributed by atoms with E-state index in [9.17, 15) is 0 Å². The number of nitrogens with one attached hydrogen (secondary N) is 2. The average Bonchev–Trinajstić information content (AvgIpc) is 2.33. The fourth-order valence-corrected chi connectivity index (χ4v) is 2.26. The van der Waals surface area contributed by atoms with Gasteiger partial charge in [0.2, 0.25) is 0 Å². The third-order valence-electron chi connectivity index (χ3n) is 2.54. The van der Waals surface area contributed by atoms with Gasteiger partial charge < -0.3 is 10.6 Å². The van der Waals surface area contributed by atoms with Gasteiger partial charge >= 0.3 is 0 Å². The fourth-order valence-electron chi connectivity index (χ4n) is 1.64. The lowest BCUT2D eigenvalue weighted by Crippen LogP contribution is -2.29. The summed E-state index contributed by atoms with van der Waals surface area (Å²) in [6.45, 7) is 8.59. The second-order valence-electron chi connectivity index (χ2n) is 4.59. The Balaban J connectivity index is 2.17.